The van der Waals surface area contributed by atoms with Gasteiger partial charge in [0, 0.05) is 31.8 Å². The molecule has 7 heteroatoms. The molecule has 118 valence electrons. The summed E-state index contributed by atoms with van der Waals surface area (Å²) in [5.41, 5.74) is 0. The minimum Gasteiger partial charge on any atom is -0.380 e. The third kappa shape index (κ3) is 3.14. The molecule has 2 bridgehead atoms. The van der Waals surface area contributed by atoms with Gasteiger partial charge in [0.15, 0.2) is 0 Å². The van der Waals surface area contributed by atoms with Crippen molar-refractivity contribution in [3.63, 3.8) is 0 Å². The van der Waals surface area contributed by atoms with Gasteiger partial charge >= 0.3 is 0 Å². The van der Waals surface area contributed by atoms with Gasteiger partial charge in [-0.05, 0) is 38.5 Å². The van der Waals surface area contributed by atoms with Crippen LogP contribution in [0.15, 0.2) is 0 Å². The number of rotatable bonds is 3. The normalized spacial score (nSPS) is 37.7. The van der Waals surface area contributed by atoms with Gasteiger partial charge in [-0.15, -0.1) is 12.4 Å². The lowest BCUT2D eigenvalue weighted by Crippen LogP contribution is -2.51. The first-order chi connectivity index (χ1) is 9.07. The van der Waals surface area contributed by atoms with Crippen LogP contribution in [-0.2, 0) is 14.8 Å². The molecule has 3 saturated heterocycles. The summed E-state index contributed by atoms with van der Waals surface area (Å²) in [4.78, 5) is 0. The van der Waals surface area contributed by atoms with Crippen LogP contribution in [-0.4, -0.2) is 56.4 Å². The third-order valence-corrected chi connectivity index (χ3v) is 7.22. The van der Waals surface area contributed by atoms with Gasteiger partial charge in [0.05, 0.1) is 11.9 Å². The Kier molecular flexibility index (Phi) is 5.34. The first kappa shape index (κ1) is 16.5. The molecule has 0 spiro atoms. The number of hydrogen-bond acceptors (Lipinski definition) is 4. The highest BCUT2D eigenvalue weighted by molar-refractivity contribution is 7.89. The smallest absolute Gasteiger partial charge is 0.219 e. The molecule has 20 heavy (non-hydrogen) atoms. The molecular formula is C13H25ClN2O3S. The molecule has 0 aromatic carbocycles. The van der Waals surface area contributed by atoms with Crippen molar-refractivity contribution in [3.05, 3.63) is 0 Å². The van der Waals surface area contributed by atoms with Gasteiger partial charge in [-0.3, -0.25) is 0 Å². The number of sulfonamides is 1. The average molecular weight is 325 g/mol. The Morgan fingerprint density at radius 1 is 1.15 bits per heavy atom. The van der Waals surface area contributed by atoms with Crippen molar-refractivity contribution < 1.29 is 13.2 Å². The Morgan fingerprint density at radius 2 is 1.80 bits per heavy atom. The lowest BCUT2D eigenvalue weighted by molar-refractivity contribution is 0.0967. The maximum Gasteiger partial charge on any atom is 0.219 e. The van der Waals surface area contributed by atoms with Crippen LogP contribution in [0.5, 0.6) is 0 Å². The SMILES string of the molecule is CN(C1CC2CCC(C1)N2)S(=O)(=O)C1CCCOC1.Cl. The Bertz CT molecular complexity index is 413. The molecule has 3 aliphatic rings. The van der Waals surface area contributed by atoms with Crippen LogP contribution < -0.4 is 5.32 Å². The summed E-state index contributed by atoms with van der Waals surface area (Å²) in [7, 11) is -1.44. The number of piperidine rings is 1. The van der Waals surface area contributed by atoms with Crippen molar-refractivity contribution in [1.29, 1.82) is 0 Å². The number of hydrogen-bond donors (Lipinski definition) is 1. The van der Waals surface area contributed by atoms with Crippen LogP contribution in [0, 0.1) is 0 Å². The van der Waals surface area contributed by atoms with E-state index in [1.165, 1.54) is 12.8 Å². The van der Waals surface area contributed by atoms with E-state index in [4.69, 9.17) is 4.74 Å². The molecule has 3 aliphatic heterocycles. The second-order valence-electron chi connectivity index (χ2n) is 6.16. The fourth-order valence-electron chi connectivity index (χ4n) is 3.71. The van der Waals surface area contributed by atoms with E-state index in [0.717, 1.165) is 25.7 Å². The van der Waals surface area contributed by atoms with Gasteiger partial charge in [0.25, 0.3) is 0 Å². The molecule has 3 heterocycles. The van der Waals surface area contributed by atoms with Crippen molar-refractivity contribution in [2.45, 2.75) is 61.9 Å². The van der Waals surface area contributed by atoms with E-state index in [1.54, 1.807) is 11.4 Å². The molecule has 3 fully saturated rings. The zero-order valence-electron chi connectivity index (χ0n) is 12.0. The molecule has 5 nitrogen and oxygen atoms in total. The van der Waals surface area contributed by atoms with Crippen molar-refractivity contribution in [1.82, 2.24) is 9.62 Å². The number of halogens is 1. The highest BCUT2D eigenvalue weighted by atomic mass is 35.5. The van der Waals surface area contributed by atoms with E-state index in [1.807, 2.05) is 0 Å². The molecule has 3 atom stereocenters. The lowest BCUT2D eigenvalue weighted by atomic mass is 10.0. The first-order valence-electron chi connectivity index (χ1n) is 7.38. The Morgan fingerprint density at radius 3 is 2.35 bits per heavy atom. The summed E-state index contributed by atoms with van der Waals surface area (Å²) >= 11 is 0. The van der Waals surface area contributed by atoms with Gasteiger partial charge in [-0.25, -0.2) is 12.7 Å². The third-order valence-electron chi connectivity index (χ3n) is 4.90. The second-order valence-corrected chi connectivity index (χ2v) is 8.44. The summed E-state index contributed by atoms with van der Waals surface area (Å²) in [5.74, 6) is 0. The highest BCUT2D eigenvalue weighted by Gasteiger charge is 2.41. The summed E-state index contributed by atoms with van der Waals surface area (Å²) in [6.07, 6.45) is 5.91. The van der Waals surface area contributed by atoms with Crippen LogP contribution in [0.2, 0.25) is 0 Å². The highest BCUT2D eigenvalue weighted by Crippen LogP contribution is 2.31. The zero-order chi connectivity index (χ0) is 13.5. The molecule has 0 aromatic heterocycles. The maximum atomic E-state index is 12.6. The number of nitrogens with zero attached hydrogens (tertiary/aromatic N) is 1. The maximum absolute atomic E-state index is 12.6. The topological polar surface area (TPSA) is 58.6 Å². The Balaban J connectivity index is 0.00000147. The van der Waals surface area contributed by atoms with E-state index in [9.17, 15) is 8.42 Å². The van der Waals surface area contributed by atoms with Crippen molar-refractivity contribution >= 4 is 22.4 Å². The van der Waals surface area contributed by atoms with Crippen LogP contribution in [0.3, 0.4) is 0 Å². The quantitative estimate of drug-likeness (QED) is 0.845. The number of fused-ring (bicyclic) bond motifs is 2. The second kappa shape index (κ2) is 6.48. The number of ether oxygens (including phenoxy) is 1. The summed E-state index contributed by atoms with van der Waals surface area (Å²) in [6.45, 7) is 1.07. The summed E-state index contributed by atoms with van der Waals surface area (Å²) in [6, 6.07) is 1.21. The molecule has 0 radical (unpaired) electrons. The predicted octanol–water partition coefficient (Wildman–Crippen LogP) is 1.13. The minimum absolute atomic E-state index is 0. The molecule has 1 N–H and O–H groups in total. The van der Waals surface area contributed by atoms with Gasteiger partial charge in [0.1, 0.15) is 0 Å². The van der Waals surface area contributed by atoms with Crippen LogP contribution in [0.4, 0.5) is 0 Å². The number of nitrogens with one attached hydrogen (secondary N) is 1. The van der Waals surface area contributed by atoms with E-state index in [0.29, 0.717) is 25.3 Å². The molecule has 0 aromatic rings. The van der Waals surface area contributed by atoms with Gasteiger partial charge in [-0.2, -0.15) is 0 Å². The van der Waals surface area contributed by atoms with Gasteiger partial charge in [0.2, 0.25) is 10.0 Å². The lowest BCUT2D eigenvalue weighted by Gasteiger charge is -2.37. The largest absolute Gasteiger partial charge is 0.380 e. The molecule has 0 aliphatic carbocycles. The predicted molar refractivity (Wildman–Crippen MR) is 80.7 cm³/mol. The van der Waals surface area contributed by atoms with Gasteiger partial charge < -0.3 is 10.1 Å². The molecular weight excluding hydrogens is 300 g/mol. The fourth-order valence-corrected chi connectivity index (χ4v) is 5.50. The van der Waals surface area contributed by atoms with E-state index >= 15 is 0 Å². The molecule has 0 amide bonds. The molecule has 0 saturated carbocycles. The van der Waals surface area contributed by atoms with E-state index in [2.05, 4.69) is 5.32 Å². The van der Waals surface area contributed by atoms with Crippen LogP contribution >= 0.6 is 12.4 Å². The monoisotopic (exact) mass is 324 g/mol. The Hall–Kier alpha value is 0.120. The average Bonchev–Trinajstić information content (AvgIpc) is 2.77. The van der Waals surface area contributed by atoms with Crippen molar-refractivity contribution in [2.24, 2.45) is 0 Å². The Labute approximate surface area is 127 Å². The van der Waals surface area contributed by atoms with Crippen LogP contribution in [0.1, 0.15) is 38.5 Å². The summed E-state index contributed by atoms with van der Waals surface area (Å²) in [5, 5.41) is 3.23. The first-order valence-corrected chi connectivity index (χ1v) is 8.88. The van der Waals surface area contributed by atoms with E-state index < -0.39 is 10.0 Å². The van der Waals surface area contributed by atoms with Gasteiger partial charge in [-0.1, -0.05) is 0 Å². The standard InChI is InChI=1S/C13H24N2O3S.ClH/c1-15(12-7-10-4-5-11(8-12)14-10)19(16,17)13-3-2-6-18-9-13;/h10-14H,2-9H2,1H3;1H. The minimum atomic E-state index is -3.20. The zero-order valence-corrected chi connectivity index (χ0v) is 13.6. The molecule has 3 unspecified atom stereocenters. The van der Waals surface area contributed by atoms with Crippen molar-refractivity contribution in [2.75, 3.05) is 20.3 Å². The fraction of sp³-hybridized carbons (Fsp3) is 1.00. The van der Waals surface area contributed by atoms with E-state index in [-0.39, 0.29) is 23.7 Å². The van der Waals surface area contributed by atoms with Crippen LogP contribution in [0.25, 0.3) is 0 Å². The molecule has 3 rings (SSSR count). The summed E-state index contributed by atoms with van der Waals surface area (Å²) < 4.78 is 32.3. The van der Waals surface area contributed by atoms with Crippen molar-refractivity contribution in [3.8, 4) is 0 Å².